The molecule has 2 aromatic rings. The largest absolute Gasteiger partial charge is 0.495 e. The fraction of sp³-hybridized carbons (Fsp3) is 0.793. The van der Waals surface area contributed by atoms with Gasteiger partial charge in [0.15, 0.2) is 0 Å². The number of rotatable bonds is 24. The summed E-state index contributed by atoms with van der Waals surface area (Å²) in [6.45, 7) is 27.2. The van der Waals surface area contributed by atoms with Crippen LogP contribution in [0.15, 0.2) is 24.3 Å². The highest BCUT2D eigenvalue weighted by molar-refractivity contribution is 6.63. The molecule has 0 spiro atoms. The molecule has 3 aliphatic carbocycles. The number of benzene rings is 2. The highest BCUT2D eigenvalue weighted by Crippen LogP contribution is 2.72. The molecule has 2 heterocycles. The molecule has 2 saturated heterocycles. The number of fused-ring (bicyclic) bond motifs is 3. The van der Waals surface area contributed by atoms with E-state index in [4.69, 9.17) is 18.6 Å². The molecule has 0 amide bonds. The van der Waals surface area contributed by atoms with Gasteiger partial charge in [-0.3, -0.25) is 0 Å². The van der Waals surface area contributed by atoms with Crippen molar-refractivity contribution in [1.82, 2.24) is 0 Å². The van der Waals surface area contributed by atoms with Gasteiger partial charge in [-0.1, -0.05) is 168 Å². The maximum Gasteiger partial charge on any atom is 0.495 e. The minimum Gasteiger partial charge on any atom is -0.399 e. The molecule has 7 rings (SSSR count). The van der Waals surface area contributed by atoms with Crippen LogP contribution in [-0.2, 0) is 42.3 Å². The lowest BCUT2D eigenvalue weighted by Gasteiger charge is -2.48. The second kappa shape index (κ2) is 20.6. The lowest BCUT2D eigenvalue weighted by Crippen LogP contribution is -2.47. The van der Waals surface area contributed by atoms with Crippen molar-refractivity contribution in [2.24, 2.45) is 11.8 Å². The molecule has 0 aromatic heterocycles. The summed E-state index contributed by atoms with van der Waals surface area (Å²) >= 11 is 0. The van der Waals surface area contributed by atoms with Gasteiger partial charge in [0.25, 0.3) is 0 Å². The van der Waals surface area contributed by atoms with Crippen LogP contribution < -0.4 is 10.9 Å². The molecule has 0 atom stereocenters. The Labute approximate surface area is 394 Å². The SMILES string of the molecule is CCCCCCCC1CC23CC(CCCCCCC)CC2(C1)c1cc(B2OC(C)(C)C(C)(C)O2)c(CCCCCC)cc1-c1cc(CCCCCC)c(B2OC(C)(C)C(C)(C)O2)cc13. The first-order chi connectivity index (χ1) is 30.5. The molecule has 5 aliphatic rings. The minimum atomic E-state index is -0.384. The second-order valence-corrected chi connectivity index (χ2v) is 24.1. The van der Waals surface area contributed by atoms with Crippen LogP contribution in [0.25, 0.3) is 11.1 Å². The van der Waals surface area contributed by atoms with Crippen molar-refractivity contribution < 1.29 is 18.6 Å². The third-order valence-corrected chi connectivity index (χ3v) is 18.4. The Balaban J connectivity index is 1.44. The molecule has 0 N–H and O–H groups in total. The monoisotopic (exact) mass is 877 g/mol. The molecule has 2 saturated carbocycles. The first-order valence-electron chi connectivity index (χ1n) is 27.5. The molecule has 0 unspecified atom stereocenters. The smallest absolute Gasteiger partial charge is 0.399 e. The van der Waals surface area contributed by atoms with E-state index in [1.54, 1.807) is 11.1 Å². The Morgan fingerprint density at radius 3 is 1.02 bits per heavy atom. The van der Waals surface area contributed by atoms with E-state index >= 15 is 0 Å². The molecule has 0 bridgehead atoms. The summed E-state index contributed by atoms with van der Waals surface area (Å²) in [6, 6.07) is 10.8. The summed E-state index contributed by atoms with van der Waals surface area (Å²) in [5.74, 6) is 1.46. The van der Waals surface area contributed by atoms with Crippen LogP contribution in [0.3, 0.4) is 0 Å². The molecule has 4 nitrogen and oxygen atoms in total. The first kappa shape index (κ1) is 50.3. The fourth-order valence-corrected chi connectivity index (χ4v) is 13.4. The maximum absolute atomic E-state index is 7.05. The van der Waals surface area contributed by atoms with Gasteiger partial charge in [0.1, 0.15) is 0 Å². The van der Waals surface area contributed by atoms with Crippen molar-refractivity contribution in [1.29, 1.82) is 0 Å². The predicted molar refractivity (Wildman–Crippen MR) is 275 cm³/mol. The van der Waals surface area contributed by atoms with Gasteiger partial charge in [-0.05, 0) is 163 Å². The zero-order chi connectivity index (χ0) is 46.0. The van der Waals surface area contributed by atoms with Crippen molar-refractivity contribution in [2.45, 2.75) is 283 Å². The summed E-state index contributed by atoms with van der Waals surface area (Å²) < 4.78 is 28.2. The lowest BCUT2D eigenvalue weighted by molar-refractivity contribution is 0.00578. The van der Waals surface area contributed by atoms with Crippen LogP contribution in [-0.4, -0.2) is 36.6 Å². The van der Waals surface area contributed by atoms with Crippen LogP contribution in [0.2, 0.25) is 0 Å². The summed E-state index contributed by atoms with van der Waals surface area (Å²) in [5, 5.41) is 0. The number of aryl methyl sites for hydroxylation is 2. The molecule has 4 fully saturated rings. The van der Waals surface area contributed by atoms with Gasteiger partial charge in [-0.15, -0.1) is 0 Å². The van der Waals surface area contributed by atoms with Crippen LogP contribution in [0.1, 0.15) is 259 Å². The average Bonchev–Trinajstić information content (AvgIpc) is 3.87. The standard InChI is InChI=1S/C58H94B2O4/c1-13-17-21-25-27-31-43-39-57-41-44(32-28-26-22-18-14-2)42-58(57,40-43)50-38-52(60-63-55(9,10)56(11,12)64-60)46(34-30-24-20-16-4)36-48(50)47-35-45(33-29-23-19-15-3)51(37-49(47)57)59-61-53(5,6)54(7,8)62-59/h35-38,43-44H,13-34,39-42H2,1-12H3. The van der Waals surface area contributed by atoms with Crippen LogP contribution in [0.5, 0.6) is 0 Å². The third kappa shape index (κ3) is 9.81. The van der Waals surface area contributed by atoms with Gasteiger partial charge >= 0.3 is 14.2 Å². The highest BCUT2D eigenvalue weighted by Gasteiger charge is 2.67. The normalized spacial score (nSPS) is 26.9. The van der Waals surface area contributed by atoms with Gasteiger partial charge in [0, 0.05) is 10.8 Å². The van der Waals surface area contributed by atoms with Crippen LogP contribution in [0.4, 0.5) is 0 Å². The third-order valence-electron chi connectivity index (χ3n) is 18.4. The number of hydrogen-bond donors (Lipinski definition) is 0. The van der Waals surface area contributed by atoms with E-state index in [2.05, 4.69) is 107 Å². The summed E-state index contributed by atoms with van der Waals surface area (Å²) in [7, 11) is -0.704. The zero-order valence-corrected chi connectivity index (χ0v) is 43.6. The predicted octanol–water partition coefficient (Wildman–Crippen LogP) is 15.2. The molecule has 64 heavy (non-hydrogen) atoms. The quantitative estimate of drug-likeness (QED) is 0.0778. The summed E-state index contributed by atoms with van der Waals surface area (Å²) in [5.41, 5.74) is 10.5. The average molecular weight is 877 g/mol. The molecule has 0 radical (unpaired) electrons. The van der Waals surface area contributed by atoms with Crippen molar-refractivity contribution in [3.05, 3.63) is 46.5 Å². The maximum atomic E-state index is 7.05. The Bertz CT molecular complexity index is 1680. The van der Waals surface area contributed by atoms with Gasteiger partial charge in [0.05, 0.1) is 22.4 Å². The Kier molecular flexibility index (Phi) is 16.2. The van der Waals surface area contributed by atoms with Crippen molar-refractivity contribution in [2.75, 3.05) is 0 Å². The first-order valence-corrected chi connectivity index (χ1v) is 27.5. The lowest BCUT2D eigenvalue weighted by atomic mass is 9.53. The zero-order valence-electron chi connectivity index (χ0n) is 43.6. The number of hydrogen-bond acceptors (Lipinski definition) is 4. The molecule has 6 heteroatoms. The van der Waals surface area contributed by atoms with E-state index in [-0.39, 0.29) is 47.5 Å². The molecule has 2 aromatic carbocycles. The van der Waals surface area contributed by atoms with E-state index < -0.39 is 0 Å². The van der Waals surface area contributed by atoms with E-state index in [0.717, 1.165) is 24.7 Å². The molecule has 2 aliphatic heterocycles. The topological polar surface area (TPSA) is 36.9 Å². The summed E-state index contributed by atoms with van der Waals surface area (Å²) in [6.07, 6.45) is 33.7. The van der Waals surface area contributed by atoms with E-state index in [0.29, 0.717) is 0 Å². The number of unbranched alkanes of at least 4 members (excludes halogenated alkanes) is 14. The van der Waals surface area contributed by atoms with Gasteiger partial charge in [0.2, 0.25) is 0 Å². The van der Waals surface area contributed by atoms with Gasteiger partial charge in [-0.2, -0.15) is 0 Å². The van der Waals surface area contributed by atoms with Gasteiger partial charge in [-0.25, -0.2) is 0 Å². The molecule has 356 valence electrons. The van der Waals surface area contributed by atoms with Crippen LogP contribution >= 0.6 is 0 Å². The fourth-order valence-electron chi connectivity index (χ4n) is 13.4. The van der Waals surface area contributed by atoms with E-state index in [9.17, 15) is 0 Å². The van der Waals surface area contributed by atoms with Crippen molar-refractivity contribution in [3.63, 3.8) is 0 Å². The van der Waals surface area contributed by atoms with Crippen LogP contribution in [0, 0.1) is 11.8 Å². The van der Waals surface area contributed by atoms with Crippen molar-refractivity contribution in [3.8, 4) is 11.1 Å². The molecular formula is C58H94B2O4. The molecular weight excluding hydrogens is 782 g/mol. The second-order valence-electron chi connectivity index (χ2n) is 24.1. The Hall–Kier alpha value is -1.59. The highest BCUT2D eigenvalue weighted by atomic mass is 16.7. The minimum absolute atomic E-state index is 0.0898. The van der Waals surface area contributed by atoms with E-state index in [1.165, 1.54) is 187 Å². The Morgan fingerprint density at radius 2 is 0.703 bits per heavy atom. The Morgan fingerprint density at radius 1 is 0.406 bits per heavy atom. The van der Waals surface area contributed by atoms with Crippen molar-refractivity contribution >= 4 is 25.2 Å². The van der Waals surface area contributed by atoms with E-state index in [1.807, 2.05) is 0 Å². The summed E-state index contributed by atoms with van der Waals surface area (Å²) in [4.78, 5) is 0. The van der Waals surface area contributed by atoms with Gasteiger partial charge < -0.3 is 18.6 Å².